The lowest BCUT2D eigenvalue weighted by Gasteiger charge is -2.10. The van der Waals surface area contributed by atoms with E-state index in [0.717, 1.165) is 29.8 Å². The monoisotopic (exact) mass is 302 g/mol. The number of benzene rings is 1. The summed E-state index contributed by atoms with van der Waals surface area (Å²) in [6.45, 7) is 4.93. The predicted octanol–water partition coefficient (Wildman–Crippen LogP) is 3.62. The predicted molar refractivity (Wildman–Crippen MR) is 85.7 cm³/mol. The molecule has 2 heterocycles. The van der Waals surface area contributed by atoms with E-state index >= 15 is 0 Å². The van der Waals surface area contributed by atoms with Gasteiger partial charge in [0.2, 0.25) is 0 Å². The Morgan fingerprint density at radius 2 is 2.14 bits per heavy atom. The van der Waals surface area contributed by atoms with E-state index in [2.05, 4.69) is 39.8 Å². The minimum absolute atomic E-state index is 0.105. The number of aromatic nitrogens is 4. The molecule has 3 aromatic rings. The summed E-state index contributed by atoms with van der Waals surface area (Å²) in [6, 6.07) is 6.33. The highest BCUT2D eigenvalue weighted by molar-refractivity contribution is 6.20. The first kappa shape index (κ1) is 14.1. The van der Waals surface area contributed by atoms with Crippen molar-refractivity contribution in [3.63, 3.8) is 0 Å². The Bertz CT molecular complexity index is 770. The summed E-state index contributed by atoms with van der Waals surface area (Å²) in [5, 5.41) is 4.11. The summed E-state index contributed by atoms with van der Waals surface area (Å²) in [7, 11) is 1.94. The van der Waals surface area contributed by atoms with Crippen LogP contribution in [-0.2, 0) is 20.0 Å². The minimum Gasteiger partial charge on any atom is -0.326 e. The molecule has 0 saturated heterocycles. The standard InChI is InChI=1S/C16H19ClN4/c1-11-4-5-14-15(8-11)21(16(19-14)12(2)17)7-6-13-9-18-20(3)10-13/h4-5,8-10,12H,6-7H2,1-3H3. The van der Waals surface area contributed by atoms with E-state index in [9.17, 15) is 0 Å². The molecule has 0 aliphatic carbocycles. The Kier molecular flexibility index (Phi) is 3.72. The van der Waals surface area contributed by atoms with Crippen LogP contribution < -0.4 is 0 Å². The average molecular weight is 303 g/mol. The summed E-state index contributed by atoms with van der Waals surface area (Å²) >= 11 is 6.31. The summed E-state index contributed by atoms with van der Waals surface area (Å²) in [4.78, 5) is 4.68. The van der Waals surface area contributed by atoms with Gasteiger partial charge in [0, 0.05) is 19.8 Å². The second-order valence-corrected chi connectivity index (χ2v) is 6.16. The Hall–Kier alpha value is -1.81. The van der Waals surface area contributed by atoms with Crippen LogP contribution >= 0.6 is 11.6 Å². The molecule has 0 saturated carbocycles. The number of aryl methyl sites for hydroxylation is 4. The van der Waals surface area contributed by atoms with Crippen LogP contribution in [0.3, 0.4) is 0 Å². The molecule has 4 nitrogen and oxygen atoms in total. The van der Waals surface area contributed by atoms with Gasteiger partial charge in [-0.05, 0) is 43.5 Å². The first-order chi connectivity index (χ1) is 10.0. The molecular formula is C16H19ClN4. The van der Waals surface area contributed by atoms with Crippen LogP contribution in [0, 0.1) is 6.92 Å². The molecule has 1 aromatic carbocycles. The second-order valence-electron chi connectivity index (χ2n) is 5.50. The number of fused-ring (bicyclic) bond motifs is 1. The van der Waals surface area contributed by atoms with E-state index in [0.29, 0.717) is 0 Å². The van der Waals surface area contributed by atoms with Gasteiger partial charge >= 0.3 is 0 Å². The molecule has 110 valence electrons. The van der Waals surface area contributed by atoms with Crippen molar-refractivity contribution in [3.8, 4) is 0 Å². The third-order valence-corrected chi connectivity index (χ3v) is 3.87. The van der Waals surface area contributed by atoms with Gasteiger partial charge < -0.3 is 4.57 Å². The van der Waals surface area contributed by atoms with Crippen molar-refractivity contribution in [2.45, 2.75) is 32.2 Å². The van der Waals surface area contributed by atoms with E-state index in [1.54, 1.807) is 0 Å². The molecule has 1 atom stereocenters. The van der Waals surface area contributed by atoms with Crippen LogP contribution in [0.2, 0.25) is 0 Å². The lowest BCUT2D eigenvalue weighted by molar-refractivity contribution is 0.667. The van der Waals surface area contributed by atoms with Gasteiger partial charge in [0.15, 0.2) is 0 Å². The SMILES string of the molecule is Cc1ccc2nc(C(C)Cl)n(CCc3cnn(C)c3)c2c1. The number of rotatable bonds is 4. The van der Waals surface area contributed by atoms with Crippen LogP contribution in [0.1, 0.15) is 29.3 Å². The van der Waals surface area contributed by atoms with E-state index in [1.807, 2.05) is 31.0 Å². The van der Waals surface area contributed by atoms with Gasteiger partial charge in [-0.15, -0.1) is 11.6 Å². The highest BCUT2D eigenvalue weighted by Gasteiger charge is 2.15. The van der Waals surface area contributed by atoms with Crippen molar-refractivity contribution >= 4 is 22.6 Å². The molecule has 0 bridgehead atoms. The van der Waals surface area contributed by atoms with Crippen LogP contribution in [-0.4, -0.2) is 19.3 Å². The Morgan fingerprint density at radius 1 is 1.33 bits per heavy atom. The molecule has 0 aliphatic rings. The molecule has 21 heavy (non-hydrogen) atoms. The maximum atomic E-state index is 6.31. The first-order valence-electron chi connectivity index (χ1n) is 7.13. The van der Waals surface area contributed by atoms with Crippen LogP contribution in [0.15, 0.2) is 30.6 Å². The maximum absolute atomic E-state index is 6.31. The van der Waals surface area contributed by atoms with Crippen molar-refractivity contribution in [1.82, 2.24) is 19.3 Å². The van der Waals surface area contributed by atoms with Crippen LogP contribution in [0.5, 0.6) is 0 Å². The highest BCUT2D eigenvalue weighted by atomic mass is 35.5. The van der Waals surface area contributed by atoms with E-state index in [4.69, 9.17) is 11.6 Å². The van der Waals surface area contributed by atoms with E-state index < -0.39 is 0 Å². The van der Waals surface area contributed by atoms with Gasteiger partial charge in [-0.25, -0.2) is 4.98 Å². The molecule has 0 radical (unpaired) electrons. The number of alkyl halides is 1. The summed E-state index contributed by atoms with van der Waals surface area (Å²) < 4.78 is 4.06. The van der Waals surface area contributed by atoms with Gasteiger partial charge in [-0.1, -0.05) is 6.07 Å². The average Bonchev–Trinajstić information content (AvgIpc) is 3.00. The van der Waals surface area contributed by atoms with Crippen LogP contribution in [0.25, 0.3) is 11.0 Å². The third kappa shape index (κ3) is 2.81. The fourth-order valence-electron chi connectivity index (χ4n) is 2.63. The normalized spacial score (nSPS) is 13.0. The molecular weight excluding hydrogens is 284 g/mol. The zero-order chi connectivity index (χ0) is 15.0. The molecule has 0 spiro atoms. The topological polar surface area (TPSA) is 35.6 Å². The van der Waals surface area contributed by atoms with E-state index in [-0.39, 0.29) is 5.38 Å². The number of nitrogens with zero attached hydrogens (tertiary/aromatic N) is 4. The third-order valence-electron chi connectivity index (χ3n) is 3.67. The molecule has 0 fully saturated rings. The maximum Gasteiger partial charge on any atom is 0.127 e. The van der Waals surface area contributed by atoms with Gasteiger partial charge in [0.1, 0.15) is 5.82 Å². The molecule has 0 aliphatic heterocycles. The number of hydrogen-bond acceptors (Lipinski definition) is 2. The number of imidazole rings is 1. The minimum atomic E-state index is -0.105. The Balaban J connectivity index is 1.98. The van der Waals surface area contributed by atoms with Crippen molar-refractivity contribution in [3.05, 3.63) is 47.5 Å². The molecule has 0 N–H and O–H groups in total. The fraction of sp³-hybridized carbons (Fsp3) is 0.375. The fourth-order valence-corrected chi connectivity index (χ4v) is 2.80. The summed E-state index contributed by atoms with van der Waals surface area (Å²) in [6.07, 6.45) is 4.88. The highest BCUT2D eigenvalue weighted by Crippen LogP contribution is 2.25. The first-order valence-corrected chi connectivity index (χ1v) is 7.56. The van der Waals surface area contributed by atoms with Crippen molar-refractivity contribution in [2.24, 2.45) is 7.05 Å². The zero-order valence-corrected chi connectivity index (χ0v) is 13.3. The summed E-state index contributed by atoms with van der Waals surface area (Å²) in [5.74, 6) is 0.932. The van der Waals surface area contributed by atoms with Crippen molar-refractivity contribution in [1.29, 1.82) is 0 Å². The molecule has 3 rings (SSSR count). The Labute approximate surface area is 129 Å². The lowest BCUT2D eigenvalue weighted by Crippen LogP contribution is -2.06. The molecule has 5 heteroatoms. The lowest BCUT2D eigenvalue weighted by atomic mass is 10.2. The van der Waals surface area contributed by atoms with Gasteiger partial charge in [0.05, 0.1) is 22.6 Å². The zero-order valence-electron chi connectivity index (χ0n) is 12.5. The largest absolute Gasteiger partial charge is 0.326 e. The van der Waals surface area contributed by atoms with Gasteiger partial charge in [-0.2, -0.15) is 5.10 Å². The van der Waals surface area contributed by atoms with Gasteiger partial charge in [0.25, 0.3) is 0 Å². The second kappa shape index (κ2) is 5.53. The Morgan fingerprint density at radius 3 is 2.81 bits per heavy atom. The van der Waals surface area contributed by atoms with Crippen LogP contribution in [0.4, 0.5) is 0 Å². The number of hydrogen-bond donors (Lipinski definition) is 0. The van der Waals surface area contributed by atoms with E-state index in [1.165, 1.54) is 11.1 Å². The molecule has 1 unspecified atom stereocenters. The van der Waals surface area contributed by atoms with Gasteiger partial charge in [-0.3, -0.25) is 4.68 Å². The molecule has 2 aromatic heterocycles. The smallest absolute Gasteiger partial charge is 0.127 e. The van der Waals surface area contributed by atoms with Crippen molar-refractivity contribution in [2.75, 3.05) is 0 Å². The van der Waals surface area contributed by atoms with Crippen molar-refractivity contribution < 1.29 is 0 Å². The number of halogens is 1. The summed E-state index contributed by atoms with van der Waals surface area (Å²) in [5.41, 5.74) is 4.62. The molecule has 0 amide bonds. The quantitative estimate of drug-likeness (QED) is 0.690.